The Morgan fingerprint density at radius 2 is 2.10 bits per heavy atom. The summed E-state index contributed by atoms with van der Waals surface area (Å²) in [5.41, 5.74) is -1.34. The predicted molar refractivity (Wildman–Crippen MR) is 69.9 cm³/mol. The van der Waals surface area contributed by atoms with Gasteiger partial charge in [0.15, 0.2) is 11.6 Å². The third-order valence-corrected chi connectivity index (χ3v) is 3.15. The molecule has 20 heavy (non-hydrogen) atoms. The average Bonchev–Trinajstić information content (AvgIpc) is 2.40. The van der Waals surface area contributed by atoms with Gasteiger partial charge in [0, 0.05) is 12.4 Å². The molecule has 1 amide bonds. The zero-order chi connectivity index (χ0) is 15.3. The van der Waals surface area contributed by atoms with Crippen LogP contribution in [0.3, 0.4) is 0 Å². The fourth-order valence-corrected chi connectivity index (χ4v) is 1.81. The van der Waals surface area contributed by atoms with Gasteiger partial charge in [-0.25, -0.2) is 8.78 Å². The Labute approximate surface area is 121 Å². The van der Waals surface area contributed by atoms with E-state index in [0.29, 0.717) is 17.5 Å². The Morgan fingerprint density at radius 1 is 1.50 bits per heavy atom. The second-order valence-corrected chi connectivity index (χ2v) is 4.47. The number of methoxy groups -OCH3 is 1. The maximum Gasteiger partial charge on any atom is 0.285 e. The van der Waals surface area contributed by atoms with E-state index in [4.69, 9.17) is 4.74 Å². The van der Waals surface area contributed by atoms with Crippen LogP contribution in [-0.4, -0.2) is 35.9 Å². The van der Waals surface area contributed by atoms with E-state index in [0.717, 1.165) is 0 Å². The maximum absolute atomic E-state index is 13.1. The smallest absolute Gasteiger partial charge is 0.285 e. The summed E-state index contributed by atoms with van der Waals surface area (Å²) in [6.45, 7) is 0.161. The zero-order valence-electron chi connectivity index (χ0n) is 10.4. The summed E-state index contributed by atoms with van der Waals surface area (Å²) in [6, 6.07) is 0.421. The van der Waals surface area contributed by atoms with Gasteiger partial charge in [-0.05, 0) is 6.07 Å². The van der Waals surface area contributed by atoms with Crippen LogP contribution in [0.4, 0.5) is 14.5 Å². The summed E-state index contributed by atoms with van der Waals surface area (Å²) < 4.78 is 31.0. The highest BCUT2D eigenvalue weighted by molar-refractivity contribution is 9.09. The van der Waals surface area contributed by atoms with E-state index in [-0.39, 0.29) is 6.61 Å². The van der Waals surface area contributed by atoms with E-state index in [1.54, 1.807) is 0 Å². The van der Waals surface area contributed by atoms with Gasteiger partial charge < -0.3 is 10.1 Å². The second-order valence-electron chi connectivity index (χ2n) is 3.82. The molecule has 1 unspecified atom stereocenters. The highest BCUT2D eigenvalue weighted by atomic mass is 79.9. The molecule has 1 atom stereocenters. The van der Waals surface area contributed by atoms with Crippen LogP contribution in [0.1, 0.15) is 10.4 Å². The molecule has 1 N–H and O–H groups in total. The van der Waals surface area contributed by atoms with Crippen molar-refractivity contribution in [3.05, 3.63) is 39.4 Å². The number of hydrogen-bond donors (Lipinski definition) is 1. The van der Waals surface area contributed by atoms with Gasteiger partial charge in [0.25, 0.3) is 11.6 Å². The molecule has 1 aromatic rings. The van der Waals surface area contributed by atoms with Gasteiger partial charge in [-0.2, -0.15) is 0 Å². The van der Waals surface area contributed by atoms with Gasteiger partial charge in [-0.15, -0.1) is 0 Å². The van der Waals surface area contributed by atoms with Gasteiger partial charge in [0.2, 0.25) is 0 Å². The van der Waals surface area contributed by atoms with E-state index < -0.39 is 39.8 Å². The number of alkyl halides is 1. The van der Waals surface area contributed by atoms with Crippen LogP contribution >= 0.6 is 15.9 Å². The SMILES string of the molecule is COCC(CBr)NC(=O)c1cc(F)c(F)cc1[N+](=O)[O-]. The van der Waals surface area contributed by atoms with Gasteiger partial charge in [-0.3, -0.25) is 14.9 Å². The number of nitro groups is 1. The molecule has 6 nitrogen and oxygen atoms in total. The van der Waals surface area contributed by atoms with Crippen LogP contribution in [0.5, 0.6) is 0 Å². The summed E-state index contributed by atoms with van der Waals surface area (Å²) in [7, 11) is 1.42. The second kappa shape index (κ2) is 7.25. The molecule has 0 heterocycles. The first-order valence-corrected chi connectivity index (χ1v) is 6.52. The van der Waals surface area contributed by atoms with Crippen molar-refractivity contribution in [2.75, 3.05) is 19.0 Å². The molecule has 1 aromatic carbocycles. The molecule has 0 fully saturated rings. The van der Waals surface area contributed by atoms with E-state index in [1.165, 1.54) is 7.11 Å². The first-order valence-electron chi connectivity index (χ1n) is 5.39. The van der Waals surface area contributed by atoms with E-state index >= 15 is 0 Å². The number of nitrogens with zero attached hydrogens (tertiary/aromatic N) is 1. The van der Waals surface area contributed by atoms with E-state index in [2.05, 4.69) is 21.2 Å². The molecule has 9 heteroatoms. The topological polar surface area (TPSA) is 81.5 Å². The minimum Gasteiger partial charge on any atom is -0.383 e. The van der Waals surface area contributed by atoms with Crippen molar-refractivity contribution in [1.82, 2.24) is 5.32 Å². The monoisotopic (exact) mass is 352 g/mol. The summed E-state index contributed by atoms with van der Waals surface area (Å²) in [5.74, 6) is -3.60. The number of nitrogens with one attached hydrogen (secondary N) is 1. The molecule has 1 rings (SSSR count). The molecule has 0 radical (unpaired) electrons. The first kappa shape index (κ1) is 16.4. The third kappa shape index (κ3) is 3.94. The number of carbonyl (C=O) groups excluding carboxylic acids is 1. The summed E-state index contributed by atoms with van der Waals surface area (Å²) >= 11 is 3.13. The van der Waals surface area contributed by atoms with E-state index in [1.807, 2.05) is 0 Å². The number of benzene rings is 1. The van der Waals surface area contributed by atoms with Crippen molar-refractivity contribution in [3.8, 4) is 0 Å². The van der Waals surface area contributed by atoms with Crippen LogP contribution in [0, 0.1) is 21.7 Å². The number of carbonyl (C=O) groups is 1. The maximum atomic E-state index is 13.1. The predicted octanol–water partition coefficient (Wildman–Crippen LogP) is 2.01. The molecular formula is C11H11BrF2N2O4. The Balaban J connectivity index is 3.08. The fraction of sp³-hybridized carbons (Fsp3) is 0.364. The Bertz CT molecular complexity index is 527. The third-order valence-electron chi connectivity index (χ3n) is 2.37. The molecule has 0 aliphatic rings. The highest BCUT2D eigenvalue weighted by Gasteiger charge is 2.25. The lowest BCUT2D eigenvalue weighted by Gasteiger charge is -2.15. The largest absolute Gasteiger partial charge is 0.383 e. The van der Waals surface area contributed by atoms with Crippen molar-refractivity contribution in [3.63, 3.8) is 0 Å². The minimum absolute atomic E-state index is 0.161. The van der Waals surface area contributed by atoms with Gasteiger partial charge in [0.1, 0.15) is 5.56 Å². The van der Waals surface area contributed by atoms with Crippen LogP contribution < -0.4 is 5.32 Å². The molecule has 0 saturated heterocycles. The van der Waals surface area contributed by atoms with Crippen LogP contribution in [-0.2, 0) is 4.74 Å². The van der Waals surface area contributed by atoms with E-state index in [9.17, 15) is 23.7 Å². The lowest BCUT2D eigenvalue weighted by atomic mass is 10.1. The summed E-state index contributed by atoms with van der Waals surface area (Å²) in [4.78, 5) is 21.7. The van der Waals surface area contributed by atoms with Crippen molar-refractivity contribution < 1.29 is 23.2 Å². The molecule has 0 aliphatic carbocycles. The number of rotatable bonds is 6. The Kier molecular flexibility index (Phi) is 5.96. The Hall–Kier alpha value is -1.61. The molecule has 0 spiro atoms. The summed E-state index contributed by atoms with van der Waals surface area (Å²) in [5, 5.41) is 13.5. The quantitative estimate of drug-likeness (QED) is 0.482. The zero-order valence-corrected chi connectivity index (χ0v) is 11.9. The van der Waals surface area contributed by atoms with Gasteiger partial charge in [-0.1, -0.05) is 15.9 Å². The van der Waals surface area contributed by atoms with Crippen LogP contribution in [0.2, 0.25) is 0 Å². The number of hydrogen-bond acceptors (Lipinski definition) is 4. The molecular weight excluding hydrogens is 342 g/mol. The van der Waals surface area contributed by atoms with Gasteiger partial charge in [0.05, 0.1) is 23.6 Å². The number of halogens is 3. The average molecular weight is 353 g/mol. The molecule has 0 aromatic heterocycles. The van der Waals surface area contributed by atoms with Crippen molar-refractivity contribution in [2.45, 2.75) is 6.04 Å². The highest BCUT2D eigenvalue weighted by Crippen LogP contribution is 2.22. The standard InChI is InChI=1S/C11H11BrF2N2O4/c1-20-5-6(4-12)15-11(17)7-2-8(13)9(14)3-10(7)16(18)19/h2-3,6H,4-5H2,1H3,(H,15,17). The molecule has 0 saturated carbocycles. The van der Waals surface area contributed by atoms with Crippen molar-refractivity contribution in [2.24, 2.45) is 0 Å². The van der Waals surface area contributed by atoms with Gasteiger partial charge >= 0.3 is 0 Å². The van der Waals surface area contributed by atoms with Crippen molar-refractivity contribution >= 4 is 27.5 Å². The normalized spacial score (nSPS) is 12.0. The molecule has 110 valence electrons. The number of amides is 1. The van der Waals surface area contributed by atoms with Crippen LogP contribution in [0.25, 0.3) is 0 Å². The minimum atomic E-state index is -1.39. The summed E-state index contributed by atoms with van der Waals surface area (Å²) in [6.07, 6.45) is 0. The van der Waals surface area contributed by atoms with Crippen molar-refractivity contribution in [1.29, 1.82) is 0 Å². The molecule has 0 bridgehead atoms. The fourth-order valence-electron chi connectivity index (χ4n) is 1.46. The lowest BCUT2D eigenvalue weighted by molar-refractivity contribution is -0.385. The lowest BCUT2D eigenvalue weighted by Crippen LogP contribution is -2.39. The number of nitro benzene ring substituents is 1. The number of ether oxygens (including phenoxy) is 1. The Morgan fingerprint density at radius 3 is 2.60 bits per heavy atom. The first-order chi connectivity index (χ1) is 9.40. The molecule has 0 aliphatic heterocycles. The van der Waals surface area contributed by atoms with Crippen LogP contribution in [0.15, 0.2) is 12.1 Å².